The fourth-order valence-electron chi connectivity index (χ4n) is 4.97. The average Bonchev–Trinajstić information content (AvgIpc) is 3.32. The number of hydrogen-bond acceptors (Lipinski definition) is 6. The van der Waals surface area contributed by atoms with Crippen LogP contribution in [0, 0.1) is 18.8 Å². The number of aryl methyl sites for hydroxylation is 1. The standard InChI is InChI=1S/C30H33F3N2O5S/c1-17(2)35(28(36)21-7-5-18(3)6-8-21)25-10-9-22(14-23(25)29(37)38)40-27-24(30(31,32)33)13-20(15-34-27)16-41-26-11-12-39-19(26)4/h9-15,17-18,21H,5-8,16H2,1-4H3,(H,37,38). The highest BCUT2D eigenvalue weighted by Crippen LogP contribution is 2.40. The van der Waals surface area contributed by atoms with E-state index in [2.05, 4.69) is 11.9 Å². The van der Waals surface area contributed by atoms with Gasteiger partial charge in [-0.05, 0) is 88.3 Å². The zero-order chi connectivity index (χ0) is 29.9. The van der Waals surface area contributed by atoms with Crippen molar-refractivity contribution in [2.45, 2.75) is 76.2 Å². The van der Waals surface area contributed by atoms with Gasteiger partial charge in [0.2, 0.25) is 11.8 Å². The van der Waals surface area contributed by atoms with Crippen LogP contribution in [-0.2, 0) is 16.7 Å². The molecule has 220 valence electrons. The number of thioether (sulfide) groups is 1. The summed E-state index contributed by atoms with van der Waals surface area (Å²) in [5, 5.41) is 9.99. The quantitative estimate of drug-likeness (QED) is 0.250. The summed E-state index contributed by atoms with van der Waals surface area (Å²) < 4.78 is 52.7. The number of furan rings is 1. The van der Waals surface area contributed by atoms with Gasteiger partial charge in [0.15, 0.2) is 0 Å². The number of carbonyl (C=O) groups excluding carboxylic acids is 1. The molecule has 1 aliphatic rings. The van der Waals surface area contributed by atoms with E-state index in [-0.39, 0.29) is 40.6 Å². The molecule has 0 spiro atoms. The number of nitrogens with zero attached hydrogens (tertiary/aromatic N) is 2. The van der Waals surface area contributed by atoms with E-state index in [1.54, 1.807) is 26.8 Å². The number of halogens is 3. The van der Waals surface area contributed by atoms with Crippen LogP contribution in [0.3, 0.4) is 0 Å². The van der Waals surface area contributed by atoms with E-state index >= 15 is 0 Å². The molecule has 0 aliphatic heterocycles. The predicted molar refractivity (Wildman–Crippen MR) is 149 cm³/mol. The lowest BCUT2D eigenvalue weighted by Gasteiger charge is -2.34. The topological polar surface area (TPSA) is 92.9 Å². The molecule has 1 aromatic carbocycles. The first-order valence-corrected chi connectivity index (χ1v) is 14.4. The zero-order valence-corrected chi connectivity index (χ0v) is 24.1. The van der Waals surface area contributed by atoms with E-state index in [1.165, 1.54) is 41.3 Å². The lowest BCUT2D eigenvalue weighted by atomic mass is 9.82. The summed E-state index contributed by atoms with van der Waals surface area (Å²) >= 11 is 1.32. The van der Waals surface area contributed by atoms with Crippen LogP contribution < -0.4 is 9.64 Å². The Morgan fingerprint density at radius 3 is 2.46 bits per heavy atom. The van der Waals surface area contributed by atoms with Crippen LogP contribution in [0.4, 0.5) is 18.9 Å². The van der Waals surface area contributed by atoms with Gasteiger partial charge in [-0.2, -0.15) is 13.2 Å². The molecule has 3 aromatic rings. The van der Waals surface area contributed by atoms with Crippen LogP contribution in [0.25, 0.3) is 0 Å². The van der Waals surface area contributed by atoms with Crippen LogP contribution in [0.2, 0.25) is 0 Å². The number of aromatic carboxylic acids is 1. The van der Waals surface area contributed by atoms with E-state index in [4.69, 9.17) is 9.15 Å². The number of carboxylic acids is 1. The van der Waals surface area contributed by atoms with Crippen LogP contribution in [-0.4, -0.2) is 28.0 Å². The summed E-state index contributed by atoms with van der Waals surface area (Å²) in [6, 6.07) is 6.29. The van der Waals surface area contributed by atoms with Crippen LogP contribution in [0.1, 0.15) is 73.7 Å². The van der Waals surface area contributed by atoms with E-state index in [1.807, 2.05) is 0 Å². The maximum absolute atomic E-state index is 14.0. The fraction of sp³-hybridized carbons (Fsp3) is 0.433. The molecule has 4 rings (SSSR count). The highest BCUT2D eigenvalue weighted by molar-refractivity contribution is 7.98. The Morgan fingerprint density at radius 1 is 1.17 bits per heavy atom. The number of pyridine rings is 1. The maximum atomic E-state index is 14.0. The molecule has 1 aliphatic carbocycles. The second-order valence-electron chi connectivity index (χ2n) is 10.7. The van der Waals surface area contributed by atoms with E-state index in [0.29, 0.717) is 17.2 Å². The zero-order valence-electron chi connectivity index (χ0n) is 23.3. The number of rotatable bonds is 9. The van der Waals surface area contributed by atoms with Crippen molar-refractivity contribution in [3.63, 3.8) is 0 Å². The van der Waals surface area contributed by atoms with Crippen molar-refractivity contribution in [2.75, 3.05) is 4.90 Å². The lowest BCUT2D eigenvalue weighted by Crippen LogP contribution is -2.42. The molecule has 1 N–H and O–H groups in total. The average molecular weight is 591 g/mol. The number of carbonyl (C=O) groups is 2. The van der Waals surface area contributed by atoms with Crippen molar-refractivity contribution in [2.24, 2.45) is 11.8 Å². The normalized spacial score (nSPS) is 17.5. The molecule has 0 atom stereocenters. The van der Waals surface area contributed by atoms with Crippen molar-refractivity contribution in [1.82, 2.24) is 4.98 Å². The van der Waals surface area contributed by atoms with Gasteiger partial charge in [0.25, 0.3) is 0 Å². The molecule has 1 amide bonds. The predicted octanol–water partition coefficient (Wildman–Crippen LogP) is 8.35. The van der Waals surface area contributed by atoms with Crippen LogP contribution in [0.5, 0.6) is 11.6 Å². The third-order valence-electron chi connectivity index (χ3n) is 7.21. The third-order valence-corrected chi connectivity index (χ3v) is 8.42. The molecule has 1 saturated carbocycles. The molecular weight excluding hydrogens is 557 g/mol. The van der Waals surface area contributed by atoms with Gasteiger partial charge >= 0.3 is 12.1 Å². The van der Waals surface area contributed by atoms with Gasteiger partial charge in [-0.1, -0.05) is 6.92 Å². The van der Waals surface area contributed by atoms with Gasteiger partial charge in [0.1, 0.15) is 17.1 Å². The van der Waals surface area contributed by atoms with Gasteiger partial charge in [-0.3, -0.25) is 4.79 Å². The molecule has 2 heterocycles. The third kappa shape index (κ3) is 7.25. The Balaban J connectivity index is 1.61. The molecular formula is C30H33F3N2O5S. The molecule has 1 fully saturated rings. The SMILES string of the molecule is Cc1occc1SCc1cnc(Oc2ccc(N(C(=O)C3CCC(C)CC3)C(C)C)c(C(=O)O)c2)c(C(F)(F)F)c1. The molecule has 11 heteroatoms. The summed E-state index contributed by atoms with van der Waals surface area (Å²) in [6.45, 7) is 7.51. The Labute approximate surface area is 241 Å². The highest BCUT2D eigenvalue weighted by atomic mass is 32.2. The smallest absolute Gasteiger partial charge is 0.421 e. The first-order valence-electron chi connectivity index (χ1n) is 13.5. The lowest BCUT2D eigenvalue weighted by molar-refractivity contribution is -0.139. The molecule has 0 bridgehead atoms. The number of amides is 1. The first-order chi connectivity index (χ1) is 19.3. The number of hydrogen-bond donors (Lipinski definition) is 1. The summed E-state index contributed by atoms with van der Waals surface area (Å²) in [7, 11) is 0. The second kappa shape index (κ2) is 12.6. The van der Waals surface area contributed by atoms with Crippen LogP contribution in [0.15, 0.2) is 52.1 Å². The minimum Gasteiger partial charge on any atom is -0.478 e. The van der Waals surface area contributed by atoms with Crippen molar-refractivity contribution >= 4 is 29.3 Å². The molecule has 41 heavy (non-hydrogen) atoms. The Hall–Kier alpha value is -3.47. The molecule has 0 saturated heterocycles. The van der Waals surface area contributed by atoms with E-state index in [0.717, 1.165) is 42.7 Å². The number of aromatic nitrogens is 1. The molecule has 0 radical (unpaired) electrons. The van der Waals surface area contributed by atoms with Gasteiger partial charge in [-0.15, -0.1) is 11.8 Å². The first kappa shape index (κ1) is 30.5. The Bertz CT molecular complexity index is 1400. The number of anilines is 1. The highest BCUT2D eigenvalue weighted by Gasteiger charge is 2.36. The molecule has 2 aromatic heterocycles. The molecule has 0 unspecified atom stereocenters. The minimum absolute atomic E-state index is 0.136. The molecule has 7 nitrogen and oxygen atoms in total. The maximum Gasteiger partial charge on any atom is 0.421 e. The minimum atomic E-state index is -4.76. The van der Waals surface area contributed by atoms with Gasteiger partial charge in [-0.25, -0.2) is 9.78 Å². The summed E-state index contributed by atoms with van der Waals surface area (Å²) in [5.74, 6) is -1.07. The second-order valence-corrected chi connectivity index (χ2v) is 11.7. The number of alkyl halides is 3. The number of benzene rings is 1. The van der Waals surface area contributed by atoms with E-state index in [9.17, 15) is 27.9 Å². The van der Waals surface area contributed by atoms with Gasteiger partial charge in [0.05, 0.1) is 17.5 Å². The monoisotopic (exact) mass is 590 g/mol. The van der Waals surface area contributed by atoms with Crippen LogP contribution >= 0.6 is 11.8 Å². The van der Waals surface area contributed by atoms with Gasteiger partial charge < -0.3 is 19.2 Å². The van der Waals surface area contributed by atoms with Gasteiger partial charge in [0, 0.05) is 28.8 Å². The summed E-state index contributed by atoms with van der Waals surface area (Å²) in [5.41, 5.74) is -0.814. The Kier molecular flexibility index (Phi) is 9.36. The number of carboxylic acid groups (broad SMARTS) is 1. The summed E-state index contributed by atoms with van der Waals surface area (Å²) in [4.78, 5) is 32.0. The van der Waals surface area contributed by atoms with E-state index < -0.39 is 23.6 Å². The largest absolute Gasteiger partial charge is 0.478 e. The Morgan fingerprint density at radius 2 is 1.88 bits per heavy atom. The fourth-order valence-corrected chi connectivity index (χ4v) is 5.85. The summed E-state index contributed by atoms with van der Waals surface area (Å²) in [6.07, 6.45) is 1.36. The number of ether oxygens (including phenoxy) is 1. The van der Waals surface area contributed by atoms with Crippen molar-refractivity contribution in [3.8, 4) is 11.6 Å². The van der Waals surface area contributed by atoms with Crippen molar-refractivity contribution in [1.29, 1.82) is 0 Å². The van der Waals surface area contributed by atoms with Crippen molar-refractivity contribution < 1.29 is 37.0 Å². The van der Waals surface area contributed by atoms with Crippen molar-refractivity contribution in [3.05, 3.63) is 65.2 Å².